The van der Waals surface area contributed by atoms with Gasteiger partial charge in [0.25, 0.3) is 0 Å². The zero-order valence-electron chi connectivity index (χ0n) is 19.3. The smallest absolute Gasteiger partial charge is 0.407 e. The van der Waals surface area contributed by atoms with Crippen molar-refractivity contribution < 1.29 is 28.7 Å². The average molecular weight is 460 g/mol. The summed E-state index contributed by atoms with van der Waals surface area (Å²) in [5, 5.41) is 16.0. The Morgan fingerprint density at radius 2 is 2.09 bits per heavy atom. The first kappa shape index (κ1) is 24.5. The van der Waals surface area contributed by atoms with Crippen molar-refractivity contribution in [3.05, 3.63) is 29.6 Å². The predicted octanol–water partition coefficient (Wildman–Crippen LogP) is 4.87. The van der Waals surface area contributed by atoms with Gasteiger partial charge in [0, 0.05) is 5.56 Å². The standard InChI is InChI=1S/C24H33N3O6/c1-3-4-5-6-12-31-24(30)26-15-20-16(2)27-33-22(20)21-11-10-19(14-25-21)32-18-9-7-8-17(13-18)23(28)29/h10-11,14,17-18H,3-9,12-13,15H2,1-2H3,(H,26,30)(H,28,29)/t17-,18?/m0/s1. The Labute approximate surface area is 193 Å². The molecule has 180 valence electrons. The first-order valence-corrected chi connectivity index (χ1v) is 11.7. The van der Waals surface area contributed by atoms with Crippen molar-refractivity contribution in [3.8, 4) is 17.2 Å². The Balaban J connectivity index is 1.55. The lowest BCUT2D eigenvalue weighted by Crippen LogP contribution is -2.29. The molecule has 1 saturated carbocycles. The number of carboxylic acids is 1. The number of unbranched alkanes of at least 4 members (excludes halogenated alkanes) is 3. The lowest BCUT2D eigenvalue weighted by atomic mass is 9.87. The quantitative estimate of drug-likeness (QED) is 0.456. The first-order valence-electron chi connectivity index (χ1n) is 11.7. The van der Waals surface area contributed by atoms with Crippen molar-refractivity contribution in [1.29, 1.82) is 0 Å². The van der Waals surface area contributed by atoms with Crippen LogP contribution in [0.25, 0.3) is 11.5 Å². The van der Waals surface area contributed by atoms with Crippen molar-refractivity contribution >= 4 is 12.1 Å². The Morgan fingerprint density at radius 3 is 2.82 bits per heavy atom. The van der Waals surface area contributed by atoms with Gasteiger partial charge < -0.3 is 24.4 Å². The molecule has 2 N–H and O–H groups in total. The molecule has 3 rings (SSSR count). The van der Waals surface area contributed by atoms with Gasteiger partial charge >= 0.3 is 12.1 Å². The molecule has 9 nitrogen and oxygen atoms in total. The van der Waals surface area contributed by atoms with Gasteiger partial charge in [-0.25, -0.2) is 9.78 Å². The van der Waals surface area contributed by atoms with E-state index in [9.17, 15) is 14.7 Å². The minimum absolute atomic E-state index is 0.132. The second-order valence-corrected chi connectivity index (χ2v) is 8.45. The van der Waals surface area contributed by atoms with E-state index in [4.69, 9.17) is 14.0 Å². The van der Waals surface area contributed by atoms with Gasteiger partial charge in [-0.2, -0.15) is 0 Å². The number of carboxylic acid groups (broad SMARTS) is 1. The number of amides is 1. The molecule has 0 bridgehead atoms. The number of ether oxygens (including phenoxy) is 2. The van der Waals surface area contributed by atoms with Gasteiger partial charge in [0.2, 0.25) is 0 Å². The summed E-state index contributed by atoms with van der Waals surface area (Å²) in [4.78, 5) is 27.7. The van der Waals surface area contributed by atoms with Gasteiger partial charge in [0.1, 0.15) is 11.4 Å². The van der Waals surface area contributed by atoms with E-state index in [1.807, 2.05) is 0 Å². The number of alkyl carbamates (subject to hydrolysis) is 1. The molecule has 2 aromatic heterocycles. The normalized spacial score (nSPS) is 18.0. The second kappa shape index (κ2) is 12.2. The summed E-state index contributed by atoms with van der Waals surface area (Å²) < 4.78 is 16.6. The van der Waals surface area contributed by atoms with Crippen molar-refractivity contribution in [2.24, 2.45) is 5.92 Å². The number of aromatic nitrogens is 2. The largest absolute Gasteiger partial charge is 0.489 e. The number of aryl methyl sites for hydroxylation is 1. The Kier molecular flexibility index (Phi) is 9.09. The number of carbonyl (C=O) groups excluding carboxylic acids is 1. The highest BCUT2D eigenvalue weighted by Crippen LogP contribution is 2.29. The maximum Gasteiger partial charge on any atom is 0.407 e. The van der Waals surface area contributed by atoms with Crippen LogP contribution in [0.1, 0.15) is 69.5 Å². The predicted molar refractivity (Wildman–Crippen MR) is 121 cm³/mol. The van der Waals surface area contributed by atoms with E-state index in [0.717, 1.165) is 44.1 Å². The van der Waals surface area contributed by atoms with Gasteiger partial charge in [-0.1, -0.05) is 31.3 Å². The fourth-order valence-electron chi connectivity index (χ4n) is 3.96. The molecule has 33 heavy (non-hydrogen) atoms. The van der Waals surface area contributed by atoms with E-state index in [2.05, 4.69) is 22.4 Å². The Morgan fingerprint density at radius 1 is 1.24 bits per heavy atom. The molecular weight excluding hydrogens is 426 g/mol. The number of hydrogen-bond acceptors (Lipinski definition) is 7. The fourth-order valence-corrected chi connectivity index (χ4v) is 3.96. The molecule has 2 aromatic rings. The van der Waals surface area contributed by atoms with Crippen molar-refractivity contribution in [1.82, 2.24) is 15.5 Å². The summed E-state index contributed by atoms with van der Waals surface area (Å²) in [7, 11) is 0. The summed E-state index contributed by atoms with van der Waals surface area (Å²) in [6.45, 7) is 4.56. The topological polar surface area (TPSA) is 124 Å². The van der Waals surface area contributed by atoms with Crippen molar-refractivity contribution in [2.75, 3.05) is 6.61 Å². The van der Waals surface area contributed by atoms with Crippen molar-refractivity contribution in [2.45, 2.75) is 77.9 Å². The number of aliphatic carboxylic acids is 1. The number of pyridine rings is 1. The number of nitrogens with zero attached hydrogens (tertiary/aromatic N) is 2. The van der Waals surface area contributed by atoms with Crippen LogP contribution in [0.4, 0.5) is 4.79 Å². The Hall–Kier alpha value is -3.10. The lowest BCUT2D eigenvalue weighted by molar-refractivity contribution is -0.143. The van der Waals surface area contributed by atoms with E-state index < -0.39 is 12.1 Å². The molecule has 2 heterocycles. The molecule has 0 aromatic carbocycles. The number of hydrogen-bond donors (Lipinski definition) is 2. The van der Waals surface area contributed by atoms with Crippen LogP contribution in [-0.2, 0) is 16.1 Å². The van der Waals surface area contributed by atoms with E-state index in [-0.39, 0.29) is 18.6 Å². The molecular formula is C24H33N3O6. The molecule has 1 unspecified atom stereocenters. The van der Waals surface area contributed by atoms with E-state index in [0.29, 0.717) is 42.3 Å². The minimum Gasteiger partial charge on any atom is -0.489 e. The number of nitrogens with one attached hydrogen (secondary N) is 1. The molecule has 1 fully saturated rings. The third-order valence-electron chi connectivity index (χ3n) is 5.87. The van der Waals surface area contributed by atoms with Crippen LogP contribution in [0, 0.1) is 12.8 Å². The lowest BCUT2D eigenvalue weighted by Gasteiger charge is -2.27. The van der Waals surface area contributed by atoms with Crippen LogP contribution in [0.2, 0.25) is 0 Å². The monoisotopic (exact) mass is 459 g/mol. The molecule has 9 heteroatoms. The van der Waals surface area contributed by atoms with Crippen LogP contribution < -0.4 is 10.1 Å². The highest BCUT2D eigenvalue weighted by atomic mass is 16.5. The molecule has 1 amide bonds. The van der Waals surface area contributed by atoms with E-state index >= 15 is 0 Å². The van der Waals surface area contributed by atoms with E-state index in [1.54, 1.807) is 25.3 Å². The summed E-state index contributed by atoms with van der Waals surface area (Å²) in [5.41, 5.74) is 1.97. The minimum atomic E-state index is -0.765. The summed E-state index contributed by atoms with van der Waals surface area (Å²) in [6.07, 6.45) is 8.03. The second-order valence-electron chi connectivity index (χ2n) is 8.45. The SMILES string of the molecule is CCCCCCOC(=O)NCc1c(C)noc1-c1ccc(OC2CCC[C@H](C(=O)O)C2)cn1. The highest BCUT2D eigenvalue weighted by molar-refractivity contribution is 5.70. The molecule has 0 aliphatic heterocycles. The highest BCUT2D eigenvalue weighted by Gasteiger charge is 2.28. The summed E-state index contributed by atoms with van der Waals surface area (Å²) >= 11 is 0. The zero-order valence-corrected chi connectivity index (χ0v) is 19.3. The molecule has 0 spiro atoms. The van der Waals surface area contributed by atoms with Gasteiger partial charge in [0.05, 0.1) is 37.1 Å². The van der Waals surface area contributed by atoms with Crippen LogP contribution in [0.3, 0.4) is 0 Å². The third-order valence-corrected chi connectivity index (χ3v) is 5.87. The fraction of sp³-hybridized carbons (Fsp3) is 0.583. The van der Waals surface area contributed by atoms with Crippen LogP contribution >= 0.6 is 0 Å². The van der Waals surface area contributed by atoms with Crippen LogP contribution in [-0.4, -0.2) is 40.0 Å². The maximum absolute atomic E-state index is 12.0. The van der Waals surface area contributed by atoms with Gasteiger partial charge in [-0.3, -0.25) is 4.79 Å². The Bertz CT molecular complexity index is 911. The van der Waals surface area contributed by atoms with Crippen LogP contribution in [0.5, 0.6) is 5.75 Å². The zero-order chi connectivity index (χ0) is 23.6. The number of rotatable bonds is 11. The molecule has 2 atom stereocenters. The molecule has 1 aliphatic carbocycles. The van der Waals surface area contributed by atoms with Crippen molar-refractivity contribution in [3.63, 3.8) is 0 Å². The summed E-state index contributed by atoms with van der Waals surface area (Å²) in [6, 6.07) is 3.55. The molecule has 1 aliphatic rings. The van der Waals surface area contributed by atoms with E-state index in [1.165, 1.54) is 0 Å². The maximum atomic E-state index is 12.0. The summed E-state index contributed by atoms with van der Waals surface area (Å²) in [5.74, 6) is -0.0616. The first-order chi connectivity index (χ1) is 16.0. The molecule has 0 saturated heterocycles. The van der Waals surface area contributed by atoms with Crippen LogP contribution in [0.15, 0.2) is 22.9 Å². The van der Waals surface area contributed by atoms with Gasteiger partial charge in [0.15, 0.2) is 5.76 Å². The van der Waals surface area contributed by atoms with Gasteiger partial charge in [-0.15, -0.1) is 0 Å². The average Bonchev–Trinajstić information content (AvgIpc) is 3.18. The number of carbonyl (C=O) groups is 2. The molecule has 0 radical (unpaired) electrons. The third kappa shape index (κ3) is 7.20. The van der Waals surface area contributed by atoms with Gasteiger partial charge in [-0.05, 0) is 51.2 Å².